The molecule has 6 nitrogen and oxygen atoms in total. The maximum absolute atomic E-state index is 14.7. The fraction of sp³-hybridized carbons (Fsp3) is 0.316. The number of H-pyrrole nitrogens is 1. The fourth-order valence-corrected chi connectivity index (χ4v) is 3.56. The van der Waals surface area contributed by atoms with Gasteiger partial charge in [-0.2, -0.15) is 0 Å². The summed E-state index contributed by atoms with van der Waals surface area (Å²) in [7, 11) is 0. The number of Topliss-reactive ketones (excluding diaryl/α,β-unsaturated/α-hetero) is 1. The SMILES string of the molecule is O=C1CCCc2[nH]c(=O)c(C(=O)Nc3ccc4c(c3F)CCNC4)cc21. The number of carbonyl (C=O) groups is 2. The van der Waals surface area contributed by atoms with E-state index in [4.69, 9.17) is 0 Å². The zero-order valence-corrected chi connectivity index (χ0v) is 14.1. The van der Waals surface area contributed by atoms with Crippen LogP contribution in [0.15, 0.2) is 23.0 Å². The van der Waals surface area contributed by atoms with E-state index in [1.807, 2.05) is 0 Å². The van der Waals surface area contributed by atoms with E-state index in [0.29, 0.717) is 55.6 Å². The van der Waals surface area contributed by atoms with Crippen LogP contribution in [-0.2, 0) is 19.4 Å². The quantitative estimate of drug-likeness (QED) is 0.768. The van der Waals surface area contributed by atoms with Gasteiger partial charge in [0.2, 0.25) is 0 Å². The minimum absolute atomic E-state index is 0.0408. The summed E-state index contributed by atoms with van der Waals surface area (Å²) in [5.41, 5.74) is 1.67. The van der Waals surface area contributed by atoms with Gasteiger partial charge in [-0.15, -0.1) is 0 Å². The molecule has 1 aliphatic carbocycles. The molecule has 0 radical (unpaired) electrons. The second kappa shape index (κ2) is 6.49. The van der Waals surface area contributed by atoms with Gasteiger partial charge in [0.05, 0.1) is 5.69 Å². The number of pyridine rings is 1. The van der Waals surface area contributed by atoms with Crippen molar-refractivity contribution in [2.24, 2.45) is 0 Å². The predicted molar refractivity (Wildman–Crippen MR) is 94.1 cm³/mol. The summed E-state index contributed by atoms with van der Waals surface area (Å²) in [6, 6.07) is 4.59. The highest BCUT2D eigenvalue weighted by atomic mass is 19.1. The van der Waals surface area contributed by atoms with Crippen LogP contribution in [0.5, 0.6) is 0 Å². The highest BCUT2D eigenvalue weighted by Gasteiger charge is 2.23. The normalized spacial score (nSPS) is 16.0. The van der Waals surface area contributed by atoms with Gasteiger partial charge >= 0.3 is 0 Å². The summed E-state index contributed by atoms with van der Waals surface area (Å²) in [6.07, 6.45) is 2.22. The molecule has 1 aliphatic heterocycles. The maximum atomic E-state index is 14.7. The Labute approximate surface area is 148 Å². The van der Waals surface area contributed by atoms with E-state index in [0.717, 1.165) is 5.56 Å². The van der Waals surface area contributed by atoms with Crippen LogP contribution in [0.4, 0.5) is 10.1 Å². The molecule has 0 saturated heterocycles. The first-order valence-electron chi connectivity index (χ1n) is 8.66. The molecule has 4 rings (SSSR count). The standard InChI is InChI=1S/C19H18FN3O3/c20-17-11-6-7-21-9-10(11)4-5-15(17)23-19(26)13-8-12-14(22-18(13)25)2-1-3-16(12)24/h4-5,8,21H,1-3,6-7,9H2,(H,22,25)(H,23,26). The number of aromatic nitrogens is 1. The lowest BCUT2D eigenvalue weighted by molar-refractivity contribution is 0.0971. The molecule has 7 heteroatoms. The molecule has 1 aromatic heterocycles. The number of aromatic amines is 1. The first-order valence-corrected chi connectivity index (χ1v) is 8.66. The molecule has 0 spiro atoms. The fourth-order valence-electron chi connectivity index (χ4n) is 3.56. The van der Waals surface area contributed by atoms with Gasteiger partial charge < -0.3 is 15.6 Å². The van der Waals surface area contributed by atoms with Gasteiger partial charge in [-0.1, -0.05) is 6.07 Å². The number of hydrogen-bond acceptors (Lipinski definition) is 4. The average molecular weight is 355 g/mol. The van der Waals surface area contributed by atoms with Crippen molar-refractivity contribution in [2.75, 3.05) is 11.9 Å². The molecular weight excluding hydrogens is 337 g/mol. The van der Waals surface area contributed by atoms with Crippen LogP contribution in [0.2, 0.25) is 0 Å². The van der Waals surface area contributed by atoms with Crippen molar-refractivity contribution >= 4 is 17.4 Å². The maximum Gasteiger partial charge on any atom is 0.261 e. The number of aryl methyl sites for hydroxylation is 1. The van der Waals surface area contributed by atoms with Crippen LogP contribution >= 0.6 is 0 Å². The van der Waals surface area contributed by atoms with E-state index in [1.54, 1.807) is 6.07 Å². The topological polar surface area (TPSA) is 91.1 Å². The van der Waals surface area contributed by atoms with Gasteiger partial charge in [0.15, 0.2) is 5.78 Å². The lowest BCUT2D eigenvalue weighted by Crippen LogP contribution is -2.28. The Morgan fingerprint density at radius 2 is 2.00 bits per heavy atom. The third-order valence-electron chi connectivity index (χ3n) is 4.95. The van der Waals surface area contributed by atoms with Crippen LogP contribution in [-0.4, -0.2) is 23.2 Å². The Hall–Kier alpha value is -2.80. The molecule has 2 aromatic rings. The van der Waals surface area contributed by atoms with Crippen molar-refractivity contribution in [2.45, 2.75) is 32.2 Å². The number of rotatable bonds is 2. The van der Waals surface area contributed by atoms with Gasteiger partial charge in [0.25, 0.3) is 11.5 Å². The van der Waals surface area contributed by atoms with Crippen molar-refractivity contribution in [1.29, 1.82) is 0 Å². The van der Waals surface area contributed by atoms with E-state index >= 15 is 0 Å². The highest BCUT2D eigenvalue weighted by molar-refractivity contribution is 6.06. The summed E-state index contributed by atoms with van der Waals surface area (Å²) in [4.78, 5) is 39.4. The van der Waals surface area contributed by atoms with Crippen molar-refractivity contribution in [1.82, 2.24) is 10.3 Å². The summed E-state index contributed by atoms with van der Waals surface area (Å²) in [5, 5.41) is 5.64. The van der Waals surface area contributed by atoms with E-state index in [2.05, 4.69) is 15.6 Å². The number of benzene rings is 1. The highest BCUT2D eigenvalue weighted by Crippen LogP contribution is 2.25. The number of ketones is 1. The third-order valence-corrected chi connectivity index (χ3v) is 4.95. The number of fused-ring (bicyclic) bond motifs is 2. The second-order valence-electron chi connectivity index (χ2n) is 6.63. The van der Waals surface area contributed by atoms with E-state index < -0.39 is 17.3 Å². The Morgan fingerprint density at radius 3 is 2.85 bits per heavy atom. The minimum atomic E-state index is -0.722. The largest absolute Gasteiger partial charge is 0.325 e. The van der Waals surface area contributed by atoms with Gasteiger partial charge in [-0.05, 0) is 49.1 Å². The molecule has 1 amide bonds. The summed E-state index contributed by atoms with van der Waals surface area (Å²) < 4.78 is 14.7. The van der Waals surface area contributed by atoms with Crippen molar-refractivity contribution in [3.63, 3.8) is 0 Å². The van der Waals surface area contributed by atoms with E-state index in [1.165, 1.54) is 12.1 Å². The second-order valence-corrected chi connectivity index (χ2v) is 6.63. The lowest BCUT2D eigenvalue weighted by Gasteiger charge is -2.19. The zero-order chi connectivity index (χ0) is 18.3. The minimum Gasteiger partial charge on any atom is -0.325 e. The van der Waals surface area contributed by atoms with Crippen molar-refractivity contribution in [3.05, 3.63) is 62.3 Å². The van der Waals surface area contributed by atoms with Crippen molar-refractivity contribution in [3.8, 4) is 0 Å². The number of nitrogens with one attached hydrogen (secondary N) is 3. The van der Waals surface area contributed by atoms with Gasteiger partial charge in [-0.25, -0.2) is 4.39 Å². The van der Waals surface area contributed by atoms with Crippen LogP contribution < -0.4 is 16.2 Å². The lowest BCUT2D eigenvalue weighted by atomic mass is 9.93. The third kappa shape index (κ3) is 2.84. The Bertz CT molecular complexity index is 981. The zero-order valence-electron chi connectivity index (χ0n) is 14.1. The molecule has 1 aromatic carbocycles. The van der Waals surface area contributed by atoms with Crippen LogP contribution in [0.3, 0.4) is 0 Å². The number of hydrogen-bond donors (Lipinski definition) is 3. The Kier molecular flexibility index (Phi) is 4.16. The average Bonchev–Trinajstić information content (AvgIpc) is 2.64. The molecule has 0 unspecified atom stereocenters. The number of halogens is 1. The first-order chi connectivity index (χ1) is 12.5. The number of anilines is 1. The molecule has 0 fully saturated rings. The number of carbonyl (C=O) groups excluding carboxylic acids is 2. The first kappa shape index (κ1) is 16.7. The molecule has 0 saturated carbocycles. The van der Waals surface area contributed by atoms with Gasteiger partial charge in [-0.3, -0.25) is 14.4 Å². The molecule has 0 bridgehead atoms. The molecule has 2 aliphatic rings. The Balaban J connectivity index is 1.66. The smallest absolute Gasteiger partial charge is 0.261 e. The van der Waals surface area contributed by atoms with Crippen LogP contribution in [0, 0.1) is 5.82 Å². The summed E-state index contributed by atoms with van der Waals surface area (Å²) in [5.74, 6) is -1.29. The van der Waals surface area contributed by atoms with E-state index in [-0.39, 0.29) is 17.0 Å². The Morgan fingerprint density at radius 1 is 1.15 bits per heavy atom. The molecule has 0 atom stereocenters. The summed E-state index contributed by atoms with van der Waals surface area (Å²) >= 11 is 0. The predicted octanol–water partition coefficient (Wildman–Crippen LogP) is 1.93. The molecule has 2 heterocycles. The monoisotopic (exact) mass is 355 g/mol. The molecule has 3 N–H and O–H groups in total. The van der Waals surface area contributed by atoms with Gasteiger partial charge in [0, 0.05) is 24.2 Å². The van der Waals surface area contributed by atoms with Crippen molar-refractivity contribution < 1.29 is 14.0 Å². The molecule has 26 heavy (non-hydrogen) atoms. The van der Waals surface area contributed by atoms with E-state index in [9.17, 15) is 18.8 Å². The summed E-state index contributed by atoms with van der Waals surface area (Å²) in [6.45, 7) is 1.26. The molecule has 134 valence electrons. The van der Waals surface area contributed by atoms with Gasteiger partial charge in [0.1, 0.15) is 11.4 Å². The number of amides is 1. The van der Waals surface area contributed by atoms with Crippen LogP contribution in [0.25, 0.3) is 0 Å². The van der Waals surface area contributed by atoms with Crippen LogP contribution in [0.1, 0.15) is 50.4 Å². The molecular formula is C19H18FN3O3.